The first kappa shape index (κ1) is 17.1. The lowest BCUT2D eigenvalue weighted by atomic mass is 10.2. The average Bonchev–Trinajstić information content (AvgIpc) is 3.08. The van der Waals surface area contributed by atoms with Gasteiger partial charge in [-0.3, -0.25) is 9.10 Å². The minimum Gasteiger partial charge on any atom is -0.454 e. The number of amides is 1. The molecule has 3 rings (SSSR count). The number of hydrogen-bond donors (Lipinski definition) is 1. The highest BCUT2D eigenvalue weighted by Crippen LogP contribution is 2.34. The van der Waals surface area contributed by atoms with E-state index in [0.717, 1.165) is 0 Å². The molecule has 2 aromatic carbocycles. The molecule has 0 radical (unpaired) electrons. The summed E-state index contributed by atoms with van der Waals surface area (Å²) in [6.07, 6.45) is -0.145. The predicted octanol–water partition coefficient (Wildman–Crippen LogP) is 2.21. The highest BCUT2D eigenvalue weighted by Gasteiger charge is 2.20. The third-order valence-corrected chi connectivity index (χ3v) is 5.55. The smallest absolute Gasteiger partial charge is 0.235 e. The first-order valence-electron chi connectivity index (χ1n) is 7.67. The minimum atomic E-state index is -3.58. The van der Waals surface area contributed by atoms with Crippen LogP contribution in [0.25, 0.3) is 0 Å². The molecule has 0 fully saturated rings. The molecule has 1 amide bonds. The zero-order valence-electron chi connectivity index (χ0n) is 13.6. The number of nitrogens with zero attached hydrogens (tertiary/aromatic N) is 1. The Hall–Kier alpha value is -2.74. The number of ether oxygens (including phenoxy) is 2. The van der Waals surface area contributed by atoms with Crippen LogP contribution >= 0.6 is 0 Å². The Balaban J connectivity index is 1.58. The highest BCUT2D eigenvalue weighted by atomic mass is 32.2. The van der Waals surface area contributed by atoms with Gasteiger partial charge in [-0.2, -0.15) is 0 Å². The van der Waals surface area contributed by atoms with Crippen molar-refractivity contribution in [3.63, 3.8) is 0 Å². The molecular weight excluding hydrogens is 344 g/mol. The summed E-state index contributed by atoms with van der Waals surface area (Å²) in [4.78, 5) is 12.1. The first-order valence-corrected chi connectivity index (χ1v) is 9.28. The average molecular weight is 362 g/mol. The molecule has 0 spiro atoms. The number of para-hydroxylation sites is 1. The Kier molecular flexibility index (Phi) is 4.80. The summed E-state index contributed by atoms with van der Waals surface area (Å²) in [5.41, 5.74) is 1.08. The van der Waals surface area contributed by atoms with E-state index in [-0.39, 0.29) is 24.9 Å². The monoisotopic (exact) mass is 362 g/mol. The molecule has 0 saturated carbocycles. The van der Waals surface area contributed by atoms with Crippen molar-refractivity contribution in [2.75, 3.05) is 29.2 Å². The molecule has 0 aliphatic carbocycles. The zero-order valence-corrected chi connectivity index (χ0v) is 14.5. The Bertz CT molecular complexity index is 868. The van der Waals surface area contributed by atoms with Crippen LogP contribution in [0.4, 0.5) is 11.4 Å². The van der Waals surface area contributed by atoms with E-state index in [9.17, 15) is 13.2 Å². The van der Waals surface area contributed by atoms with Gasteiger partial charge in [0.05, 0.1) is 11.4 Å². The maximum atomic E-state index is 12.4. The molecule has 2 aromatic rings. The minimum absolute atomic E-state index is 0.145. The summed E-state index contributed by atoms with van der Waals surface area (Å²) in [5.74, 6) is 0.498. The van der Waals surface area contributed by atoms with E-state index in [0.29, 0.717) is 22.9 Å². The van der Waals surface area contributed by atoms with Gasteiger partial charge in [-0.1, -0.05) is 18.2 Å². The van der Waals surface area contributed by atoms with Crippen LogP contribution in [0, 0.1) is 0 Å². The SMILES string of the molecule is CN(c1ccccc1)S(=O)(=O)CCC(=O)Nc1ccc2c(c1)OCO2. The van der Waals surface area contributed by atoms with Crippen molar-refractivity contribution in [3.05, 3.63) is 48.5 Å². The molecule has 1 aliphatic heterocycles. The fraction of sp³-hybridized carbons (Fsp3) is 0.235. The van der Waals surface area contributed by atoms with Gasteiger partial charge in [-0.05, 0) is 24.3 Å². The predicted molar refractivity (Wildman–Crippen MR) is 94.4 cm³/mol. The number of sulfonamides is 1. The van der Waals surface area contributed by atoms with E-state index in [1.54, 1.807) is 42.5 Å². The standard InChI is InChI=1S/C17H18N2O5S/c1-19(14-5-3-2-4-6-14)25(21,22)10-9-17(20)18-13-7-8-15-16(11-13)24-12-23-15/h2-8,11H,9-10,12H2,1H3,(H,18,20). The van der Waals surface area contributed by atoms with Crippen molar-refractivity contribution in [2.24, 2.45) is 0 Å². The van der Waals surface area contributed by atoms with Gasteiger partial charge in [0.2, 0.25) is 22.7 Å². The van der Waals surface area contributed by atoms with Crippen molar-refractivity contribution < 1.29 is 22.7 Å². The molecule has 7 nitrogen and oxygen atoms in total. The summed E-state index contributed by atoms with van der Waals surface area (Å²) in [6, 6.07) is 13.7. The van der Waals surface area contributed by atoms with Crippen LogP contribution < -0.4 is 19.1 Å². The Morgan fingerprint density at radius 3 is 2.60 bits per heavy atom. The summed E-state index contributed by atoms with van der Waals surface area (Å²) >= 11 is 0. The second-order valence-electron chi connectivity index (χ2n) is 5.49. The van der Waals surface area contributed by atoms with E-state index in [2.05, 4.69) is 5.32 Å². The lowest BCUT2D eigenvalue weighted by molar-refractivity contribution is -0.115. The van der Waals surface area contributed by atoms with Crippen LogP contribution in [-0.2, 0) is 14.8 Å². The quantitative estimate of drug-likeness (QED) is 0.852. The van der Waals surface area contributed by atoms with E-state index in [1.807, 2.05) is 6.07 Å². The van der Waals surface area contributed by atoms with Crippen molar-refractivity contribution in [1.82, 2.24) is 0 Å². The number of carbonyl (C=O) groups is 1. The molecule has 0 aromatic heterocycles. The zero-order chi connectivity index (χ0) is 17.9. The number of hydrogen-bond acceptors (Lipinski definition) is 5. The van der Waals surface area contributed by atoms with E-state index in [1.165, 1.54) is 11.4 Å². The first-order chi connectivity index (χ1) is 12.0. The van der Waals surface area contributed by atoms with Gasteiger partial charge in [0.25, 0.3) is 0 Å². The molecule has 1 aliphatic rings. The third kappa shape index (κ3) is 4.03. The van der Waals surface area contributed by atoms with Crippen molar-refractivity contribution in [3.8, 4) is 11.5 Å². The highest BCUT2D eigenvalue weighted by molar-refractivity contribution is 7.92. The van der Waals surface area contributed by atoms with Gasteiger partial charge in [0, 0.05) is 25.2 Å². The van der Waals surface area contributed by atoms with Gasteiger partial charge in [-0.25, -0.2) is 8.42 Å². The molecule has 1 N–H and O–H groups in total. The molecule has 0 unspecified atom stereocenters. The molecule has 1 heterocycles. The topological polar surface area (TPSA) is 84.9 Å². The second kappa shape index (κ2) is 7.02. The van der Waals surface area contributed by atoms with Crippen molar-refractivity contribution >= 4 is 27.3 Å². The molecule has 25 heavy (non-hydrogen) atoms. The molecule has 8 heteroatoms. The van der Waals surface area contributed by atoms with Gasteiger partial charge in [0.1, 0.15) is 0 Å². The summed E-state index contributed by atoms with van der Waals surface area (Å²) in [5, 5.41) is 2.67. The molecule has 0 atom stereocenters. The van der Waals surface area contributed by atoms with Crippen LogP contribution in [0.5, 0.6) is 11.5 Å². The van der Waals surface area contributed by atoms with Crippen LogP contribution in [-0.4, -0.2) is 33.9 Å². The van der Waals surface area contributed by atoms with Crippen LogP contribution in [0.15, 0.2) is 48.5 Å². The Morgan fingerprint density at radius 1 is 1.12 bits per heavy atom. The maximum Gasteiger partial charge on any atom is 0.235 e. The normalized spacial score (nSPS) is 12.7. The second-order valence-corrected chi connectivity index (χ2v) is 7.61. The fourth-order valence-corrected chi connectivity index (χ4v) is 3.52. The van der Waals surface area contributed by atoms with Gasteiger partial charge < -0.3 is 14.8 Å². The lowest BCUT2D eigenvalue weighted by Gasteiger charge is -2.19. The lowest BCUT2D eigenvalue weighted by Crippen LogP contribution is -2.30. The Labute approximate surface area is 146 Å². The van der Waals surface area contributed by atoms with Gasteiger partial charge in [-0.15, -0.1) is 0 Å². The van der Waals surface area contributed by atoms with Gasteiger partial charge >= 0.3 is 0 Å². The largest absolute Gasteiger partial charge is 0.454 e. The number of rotatable bonds is 6. The molecular formula is C17H18N2O5S. The number of benzene rings is 2. The van der Waals surface area contributed by atoms with E-state index >= 15 is 0 Å². The van der Waals surface area contributed by atoms with E-state index in [4.69, 9.17) is 9.47 Å². The Morgan fingerprint density at radius 2 is 1.84 bits per heavy atom. The number of carbonyl (C=O) groups excluding carboxylic acids is 1. The van der Waals surface area contributed by atoms with Crippen molar-refractivity contribution in [2.45, 2.75) is 6.42 Å². The van der Waals surface area contributed by atoms with Crippen LogP contribution in [0.2, 0.25) is 0 Å². The number of fused-ring (bicyclic) bond motifs is 1. The fourth-order valence-electron chi connectivity index (χ4n) is 2.35. The molecule has 0 saturated heterocycles. The molecule has 0 bridgehead atoms. The summed E-state index contributed by atoms with van der Waals surface area (Å²) in [7, 11) is -2.11. The summed E-state index contributed by atoms with van der Waals surface area (Å²) in [6.45, 7) is 0.150. The van der Waals surface area contributed by atoms with Gasteiger partial charge in [0.15, 0.2) is 11.5 Å². The van der Waals surface area contributed by atoms with Crippen LogP contribution in [0.1, 0.15) is 6.42 Å². The number of nitrogens with one attached hydrogen (secondary N) is 1. The van der Waals surface area contributed by atoms with Crippen LogP contribution in [0.3, 0.4) is 0 Å². The van der Waals surface area contributed by atoms with E-state index < -0.39 is 10.0 Å². The summed E-state index contributed by atoms with van der Waals surface area (Å²) < 4.78 is 36.3. The number of anilines is 2. The third-order valence-electron chi connectivity index (χ3n) is 3.78. The van der Waals surface area contributed by atoms with Crippen molar-refractivity contribution in [1.29, 1.82) is 0 Å². The molecule has 132 valence electrons. The maximum absolute atomic E-state index is 12.4.